The normalized spacial score (nSPS) is 11.7. The monoisotopic (exact) mass is 367 g/mol. The Morgan fingerprint density at radius 2 is 1.96 bits per heavy atom. The minimum absolute atomic E-state index is 0.0376. The molecular weight excluding hydrogens is 354 g/mol. The van der Waals surface area contributed by atoms with Crippen LogP contribution in [-0.4, -0.2) is 25.4 Å². The molecule has 10 heteroatoms. The molecule has 3 rings (SSSR count). The second-order valence-electron chi connectivity index (χ2n) is 5.44. The first-order valence-electron chi connectivity index (χ1n) is 7.68. The third-order valence-electron chi connectivity index (χ3n) is 3.46. The van der Waals surface area contributed by atoms with Gasteiger partial charge in [-0.15, -0.1) is 0 Å². The molecule has 3 heterocycles. The fourth-order valence-corrected chi connectivity index (χ4v) is 2.33. The zero-order chi connectivity index (χ0) is 18.9. The molecule has 6 nitrogen and oxygen atoms in total. The van der Waals surface area contributed by atoms with Crippen LogP contribution in [0.5, 0.6) is 0 Å². The molecule has 0 unspecified atom stereocenters. The topological polar surface area (TPSA) is 72.7 Å². The van der Waals surface area contributed by atoms with Crippen molar-refractivity contribution in [3.63, 3.8) is 0 Å². The lowest BCUT2D eigenvalue weighted by atomic mass is 10.3. The lowest BCUT2D eigenvalue weighted by Gasteiger charge is -2.09. The highest BCUT2D eigenvalue weighted by atomic mass is 19.4. The van der Waals surface area contributed by atoms with Crippen LogP contribution in [0.2, 0.25) is 0 Å². The molecule has 136 valence electrons. The third kappa shape index (κ3) is 3.48. The lowest BCUT2D eigenvalue weighted by Crippen LogP contribution is -2.15. The minimum Gasteiger partial charge on any atom is -0.296 e. The summed E-state index contributed by atoms with van der Waals surface area (Å²) < 4.78 is 53.3. The van der Waals surface area contributed by atoms with Gasteiger partial charge >= 0.3 is 6.18 Å². The Bertz CT molecular complexity index is 950. The van der Waals surface area contributed by atoms with Crippen molar-refractivity contribution in [3.05, 3.63) is 42.0 Å². The maximum atomic E-state index is 13.2. The zero-order valence-electron chi connectivity index (χ0n) is 13.5. The second kappa shape index (κ2) is 6.70. The van der Waals surface area contributed by atoms with Gasteiger partial charge in [0.15, 0.2) is 5.65 Å². The number of pyridine rings is 2. The summed E-state index contributed by atoms with van der Waals surface area (Å²) >= 11 is 0. The molecule has 3 aromatic heterocycles. The number of rotatable bonds is 4. The highest BCUT2D eigenvalue weighted by Crippen LogP contribution is 2.30. The number of anilines is 1. The highest BCUT2D eigenvalue weighted by Gasteiger charge is 2.33. The van der Waals surface area contributed by atoms with E-state index in [0.717, 1.165) is 29.0 Å². The molecule has 0 aliphatic carbocycles. The first-order valence-corrected chi connectivity index (χ1v) is 7.68. The Morgan fingerprint density at radius 3 is 2.58 bits per heavy atom. The summed E-state index contributed by atoms with van der Waals surface area (Å²) in [4.78, 5) is 23.5. The van der Waals surface area contributed by atoms with Gasteiger partial charge in [0, 0.05) is 6.42 Å². The average molecular weight is 367 g/mol. The van der Waals surface area contributed by atoms with Crippen LogP contribution in [0.3, 0.4) is 0 Å². The van der Waals surface area contributed by atoms with Crippen LogP contribution in [0.1, 0.15) is 25.5 Å². The van der Waals surface area contributed by atoms with E-state index >= 15 is 0 Å². The lowest BCUT2D eigenvalue weighted by molar-refractivity contribution is -0.141. The van der Waals surface area contributed by atoms with Gasteiger partial charge in [0.2, 0.25) is 11.9 Å². The van der Waals surface area contributed by atoms with E-state index in [4.69, 9.17) is 0 Å². The van der Waals surface area contributed by atoms with Gasteiger partial charge in [-0.1, -0.05) is 6.92 Å². The smallest absolute Gasteiger partial charge is 0.296 e. The number of carbonyl (C=O) groups is 1. The number of amides is 1. The number of hydrogen-bond donors (Lipinski definition) is 1. The number of nitrogens with zero attached hydrogens (tertiary/aromatic N) is 4. The summed E-state index contributed by atoms with van der Waals surface area (Å²) in [6.07, 6.45) is -2.95. The van der Waals surface area contributed by atoms with E-state index in [1.807, 2.05) is 0 Å². The number of halogens is 4. The number of hydrogen-bond acceptors (Lipinski definition) is 4. The minimum atomic E-state index is -4.65. The molecule has 1 amide bonds. The van der Waals surface area contributed by atoms with Crippen LogP contribution in [0.25, 0.3) is 17.0 Å². The van der Waals surface area contributed by atoms with E-state index < -0.39 is 17.7 Å². The molecule has 0 fully saturated rings. The van der Waals surface area contributed by atoms with Gasteiger partial charge in [-0.05, 0) is 30.7 Å². The summed E-state index contributed by atoms with van der Waals surface area (Å²) in [5.41, 5.74) is -1.12. The van der Waals surface area contributed by atoms with Crippen molar-refractivity contribution >= 4 is 23.0 Å². The van der Waals surface area contributed by atoms with Gasteiger partial charge in [0.25, 0.3) is 0 Å². The van der Waals surface area contributed by atoms with Crippen molar-refractivity contribution in [3.8, 4) is 5.82 Å². The van der Waals surface area contributed by atoms with Crippen LogP contribution in [0.15, 0.2) is 30.5 Å². The Kier molecular flexibility index (Phi) is 4.58. The number of aromatic nitrogens is 4. The van der Waals surface area contributed by atoms with E-state index in [1.165, 1.54) is 6.07 Å². The highest BCUT2D eigenvalue weighted by molar-refractivity contribution is 5.91. The third-order valence-corrected chi connectivity index (χ3v) is 3.46. The summed E-state index contributed by atoms with van der Waals surface area (Å²) in [6, 6.07) is 4.31. The first-order chi connectivity index (χ1) is 12.3. The molecule has 0 spiro atoms. The summed E-state index contributed by atoms with van der Waals surface area (Å²) in [5.74, 6) is -0.933. The van der Waals surface area contributed by atoms with Gasteiger partial charge in [0.1, 0.15) is 22.8 Å². The number of fused-ring (bicyclic) bond motifs is 1. The van der Waals surface area contributed by atoms with Crippen LogP contribution in [0.4, 0.5) is 23.5 Å². The molecule has 0 aliphatic heterocycles. The predicted octanol–water partition coefficient (Wildman–Crippen LogP) is 3.71. The van der Waals surface area contributed by atoms with E-state index in [-0.39, 0.29) is 35.3 Å². The Labute approximate surface area is 144 Å². The average Bonchev–Trinajstić information content (AvgIpc) is 2.92. The summed E-state index contributed by atoms with van der Waals surface area (Å²) in [5, 5.41) is 2.53. The van der Waals surface area contributed by atoms with Crippen molar-refractivity contribution in [2.24, 2.45) is 0 Å². The Hall–Kier alpha value is -3.04. The SMILES string of the molecule is CCCC(=O)Nc1nc2ccc(C(F)(F)F)nc2n1-c1ccc(F)cn1. The molecule has 0 saturated heterocycles. The predicted molar refractivity (Wildman–Crippen MR) is 85.2 cm³/mol. The number of imidazole rings is 1. The van der Waals surface area contributed by atoms with Gasteiger partial charge in [-0.2, -0.15) is 13.2 Å². The largest absolute Gasteiger partial charge is 0.433 e. The maximum absolute atomic E-state index is 13.2. The molecule has 26 heavy (non-hydrogen) atoms. The molecule has 0 saturated carbocycles. The van der Waals surface area contributed by atoms with E-state index in [2.05, 4.69) is 20.3 Å². The fourth-order valence-electron chi connectivity index (χ4n) is 2.33. The summed E-state index contributed by atoms with van der Waals surface area (Å²) in [6.45, 7) is 1.81. The second-order valence-corrected chi connectivity index (χ2v) is 5.44. The number of carbonyl (C=O) groups excluding carboxylic acids is 1. The quantitative estimate of drug-likeness (QED) is 0.714. The number of nitrogens with one attached hydrogen (secondary N) is 1. The van der Waals surface area contributed by atoms with Crippen LogP contribution < -0.4 is 5.32 Å². The maximum Gasteiger partial charge on any atom is 0.433 e. The van der Waals surface area contributed by atoms with Crippen molar-refractivity contribution in [1.82, 2.24) is 19.5 Å². The van der Waals surface area contributed by atoms with Crippen molar-refractivity contribution in [1.29, 1.82) is 0 Å². The van der Waals surface area contributed by atoms with E-state index in [1.54, 1.807) is 6.92 Å². The number of alkyl halides is 3. The molecule has 3 aromatic rings. The van der Waals surface area contributed by atoms with Crippen LogP contribution in [0, 0.1) is 5.82 Å². The zero-order valence-corrected chi connectivity index (χ0v) is 13.5. The first kappa shape index (κ1) is 17.8. The molecular formula is C16H13F4N5O. The molecule has 1 N–H and O–H groups in total. The van der Waals surface area contributed by atoms with Gasteiger partial charge in [-0.3, -0.25) is 10.1 Å². The molecule has 0 bridgehead atoms. The fraction of sp³-hybridized carbons (Fsp3) is 0.250. The van der Waals surface area contributed by atoms with Crippen molar-refractivity contribution in [2.75, 3.05) is 5.32 Å². The van der Waals surface area contributed by atoms with Crippen molar-refractivity contribution < 1.29 is 22.4 Å². The molecule has 0 radical (unpaired) electrons. The Balaban J connectivity index is 2.20. The molecule has 0 aliphatic rings. The van der Waals surface area contributed by atoms with Crippen LogP contribution >= 0.6 is 0 Å². The Morgan fingerprint density at radius 1 is 1.19 bits per heavy atom. The van der Waals surface area contributed by atoms with Crippen molar-refractivity contribution in [2.45, 2.75) is 25.9 Å². The standard InChI is InChI=1S/C16H13F4N5O/c1-2-3-13(26)24-15-22-10-5-6-11(16(18,19)20)23-14(10)25(15)12-7-4-9(17)8-21-12/h4-8H,2-3H2,1H3,(H,22,24,26). The van der Waals surface area contributed by atoms with Gasteiger partial charge in [0.05, 0.1) is 6.20 Å². The molecule has 0 aromatic carbocycles. The van der Waals surface area contributed by atoms with Gasteiger partial charge in [-0.25, -0.2) is 23.9 Å². The van der Waals surface area contributed by atoms with Crippen LogP contribution in [-0.2, 0) is 11.0 Å². The summed E-state index contributed by atoms with van der Waals surface area (Å²) in [7, 11) is 0. The van der Waals surface area contributed by atoms with E-state index in [0.29, 0.717) is 6.42 Å². The molecule has 0 atom stereocenters. The van der Waals surface area contributed by atoms with E-state index in [9.17, 15) is 22.4 Å². The van der Waals surface area contributed by atoms with Gasteiger partial charge < -0.3 is 0 Å².